The minimum absolute atomic E-state index is 0.298. The summed E-state index contributed by atoms with van der Waals surface area (Å²) in [5.41, 5.74) is 7.00. The van der Waals surface area contributed by atoms with Gasteiger partial charge < -0.3 is 5.73 Å². The lowest BCUT2D eigenvalue weighted by atomic mass is 9.99. The van der Waals surface area contributed by atoms with Gasteiger partial charge in [-0.15, -0.1) is 0 Å². The molecule has 0 aliphatic carbocycles. The molecule has 0 saturated heterocycles. The van der Waals surface area contributed by atoms with E-state index < -0.39 is 11.9 Å². The average molecular weight is 383 g/mol. The molecule has 2 N–H and O–H groups in total. The van der Waals surface area contributed by atoms with Gasteiger partial charge in [-0.05, 0) is 45.8 Å². The minimum Gasteiger partial charge on any atom is -0.320 e. The van der Waals surface area contributed by atoms with Gasteiger partial charge in [-0.1, -0.05) is 40.9 Å². The van der Waals surface area contributed by atoms with Gasteiger partial charge in [0.1, 0.15) is 5.82 Å². The van der Waals surface area contributed by atoms with Crippen LogP contribution in [0.5, 0.6) is 0 Å². The van der Waals surface area contributed by atoms with Gasteiger partial charge in [0.2, 0.25) is 0 Å². The topological polar surface area (TPSA) is 26.0 Å². The smallest absolute Gasteiger partial charge is 0.129 e. The van der Waals surface area contributed by atoms with Crippen molar-refractivity contribution in [3.05, 3.63) is 66.8 Å². The lowest BCUT2D eigenvalue weighted by Crippen LogP contribution is -2.13. The van der Waals surface area contributed by atoms with Crippen molar-refractivity contribution in [1.29, 1.82) is 0 Å². The predicted molar refractivity (Wildman–Crippen MR) is 81.6 cm³/mol. The number of nitrogens with two attached hydrogens (primary N) is 1. The minimum atomic E-state index is -0.666. The number of hydrogen-bond donors (Lipinski definition) is 1. The van der Waals surface area contributed by atoms with Crippen LogP contribution in [0.2, 0.25) is 15.1 Å². The molecule has 2 rings (SSSR count). The summed E-state index contributed by atoms with van der Waals surface area (Å²) >= 11 is 20.9. The molecular weight excluding hydrogens is 375 g/mol. The van der Waals surface area contributed by atoms with E-state index in [1.54, 1.807) is 18.2 Å². The van der Waals surface area contributed by atoms with Crippen LogP contribution in [0.1, 0.15) is 17.2 Å². The van der Waals surface area contributed by atoms with Crippen LogP contribution in [0.4, 0.5) is 4.39 Å². The lowest BCUT2D eigenvalue weighted by Gasteiger charge is -2.15. The van der Waals surface area contributed by atoms with E-state index in [1.807, 2.05) is 0 Å². The second kappa shape index (κ2) is 5.98. The first-order valence-electron chi connectivity index (χ1n) is 5.25. The van der Waals surface area contributed by atoms with E-state index >= 15 is 0 Å². The normalized spacial score (nSPS) is 12.5. The molecule has 0 spiro atoms. The van der Waals surface area contributed by atoms with Crippen LogP contribution >= 0.6 is 50.7 Å². The van der Waals surface area contributed by atoms with Crippen molar-refractivity contribution < 1.29 is 4.39 Å². The van der Waals surface area contributed by atoms with Crippen molar-refractivity contribution >= 4 is 50.7 Å². The van der Waals surface area contributed by atoms with Crippen molar-refractivity contribution in [3.63, 3.8) is 0 Å². The molecule has 0 saturated carbocycles. The zero-order chi connectivity index (χ0) is 14.2. The van der Waals surface area contributed by atoms with Gasteiger partial charge in [-0.25, -0.2) is 4.39 Å². The van der Waals surface area contributed by atoms with Crippen LogP contribution in [-0.2, 0) is 0 Å². The molecule has 2 aromatic carbocycles. The summed E-state index contributed by atoms with van der Waals surface area (Å²) in [6.45, 7) is 0. The van der Waals surface area contributed by atoms with Crippen molar-refractivity contribution in [2.75, 3.05) is 0 Å². The third-order valence-corrected chi connectivity index (χ3v) is 4.61. The molecule has 1 nitrogen and oxygen atoms in total. The van der Waals surface area contributed by atoms with Crippen LogP contribution < -0.4 is 5.73 Å². The van der Waals surface area contributed by atoms with Gasteiger partial charge in [0.05, 0.1) is 21.1 Å². The van der Waals surface area contributed by atoms with E-state index in [-0.39, 0.29) is 0 Å². The third kappa shape index (κ3) is 3.23. The third-order valence-electron chi connectivity index (χ3n) is 2.68. The highest BCUT2D eigenvalue weighted by atomic mass is 79.9. The van der Waals surface area contributed by atoms with Crippen LogP contribution in [0.3, 0.4) is 0 Å². The highest BCUT2D eigenvalue weighted by Crippen LogP contribution is 2.32. The fraction of sp³-hybridized carbons (Fsp3) is 0.0769. The zero-order valence-corrected chi connectivity index (χ0v) is 13.3. The average Bonchev–Trinajstić information content (AvgIpc) is 2.36. The van der Waals surface area contributed by atoms with Crippen LogP contribution in [0, 0.1) is 5.82 Å². The Balaban J connectivity index is 2.46. The van der Waals surface area contributed by atoms with E-state index in [0.29, 0.717) is 30.7 Å². The number of rotatable bonds is 2. The summed E-state index contributed by atoms with van der Waals surface area (Å²) in [5.74, 6) is -0.435. The summed E-state index contributed by atoms with van der Waals surface area (Å²) in [7, 11) is 0. The van der Waals surface area contributed by atoms with Gasteiger partial charge in [0.15, 0.2) is 0 Å². The Kier molecular flexibility index (Phi) is 4.75. The maximum Gasteiger partial charge on any atom is 0.129 e. The Morgan fingerprint density at radius 2 is 1.68 bits per heavy atom. The highest BCUT2D eigenvalue weighted by molar-refractivity contribution is 9.10. The Bertz CT molecular complexity index is 634. The molecule has 0 bridgehead atoms. The maximum atomic E-state index is 13.9. The van der Waals surface area contributed by atoms with Crippen molar-refractivity contribution in [2.45, 2.75) is 6.04 Å². The molecule has 6 heteroatoms. The highest BCUT2D eigenvalue weighted by Gasteiger charge is 2.16. The van der Waals surface area contributed by atoms with Gasteiger partial charge in [-0.3, -0.25) is 0 Å². The van der Waals surface area contributed by atoms with E-state index in [2.05, 4.69) is 15.9 Å². The summed E-state index contributed by atoms with van der Waals surface area (Å²) in [6.07, 6.45) is 0. The molecule has 100 valence electrons. The predicted octanol–water partition coefficient (Wildman–Crippen LogP) is 5.60. The van der Waals surface area contributed by atoms with E-state index in [1.165, 1.54) is 12.1 Å². The van der Waals surface area contributed by atoms with E-state index in [4.69, 9.17) is 40.5 Å². The quantitative estimate of drug-likeness (QED) is 0.672. The number of hydrogen-bond acceptors (Lipinski definition) is 1. The molecule has 0 aromatic heterocycles. The fourth-order valence-corrected chi connectivity index (χ4v) is 2.46. The summed E-state index contributed by atoms with van der Waals surface area (Å²) < 4.78 is 14.4. The Hall–Kier alpha value is -0.320. The molecule has 1 unspecified atom stereocenters. The Labute approximate surface area is 133 Å². The summed E-state index contributed by atoms with van der Waals surface area (Å²) in [5, 5.41) is 1.19. The van der Waals surface area contributed by atoms with Crippen molar-refractivity contribution in [3.8, 4) is 0 Å². The summed E-state index contributed by atoms with van der Waals surface area (Å²) in [4.78, 5) is 0. The van der Waals surface area contributed by atoms with Gasteiger partial charge >= 0.3 is 0 Å². The molecule has 2 aromatic rings. The van der Waals surface area contributed by atoms with E-state index in [0.717, 1.165) is 0 Å². The van der Waals surface area contributed by atoms with Crippen LogP contribution in [-0.4, -0.2) is 0 Å². The lowest BCUT2D eigenvalue weighted by molar-refractivity contribution is 0.599. The molecular formula is C13H8BrCl3FN. The first kappa shape index (κ1) is 15.1. The SMILES string of the molecule is NC(c1ccc(Cl)c(Cl)c1)c1cc(Cl)c(Br)cc1F. The first-order valence-corrected chi connectivity index (χ1v) is 7.18. The molecule has 0 aliphatic rings. The number of halogens is 5. The molecule has 0 amide bonds. The monoisotopic (exact) mass is 381 g/mol. The molecule has 19 heavy (non-hydrogen) atoms. The van der Waals surface area contributed by atoms with Gasteiger partial charge in [-0.2, -0.15) is 0 Å². The van der Waals surface area contributed by atoms with Gasteiger partial charge in [0, 0.05) is 10.0 Å². The molecule has 0 aliphatic heterocycles. The second-order valence-corrected chi connectivity index (χ2v) is 6.01. The van der Waals surface area contributed by atoms with E-state index in [9.17, 15) is 4.39 Å². The van der Waals surface area contributed by atoms with Gasteiger partial charge in [0.25, 0.3) is 0 Å². The first-order chi connectivity index (χ1) is 8.90. The summed E-state index contributed by atoms with van der Waals surface area (Å²) in [6, 6.07) is 7.05. The maximum absolute atomic E-state index is 13.9. The fourth-order valence-electron chi connectivity index (χ4n) is 1.66. The Morgan fingerprint density at radius 3 is 2.32 bits per heavy atom. The van der Waals surface area contributed by atoms with Crippen molar-refractivity contribution in [2.24, 2.45) is 5.73 Å². The van der Waals surface area contributed by atoms with Crippen LogP contribution in [0.25, 0.3) is 0 Å². The molecule has 1 atom stereocenters. The standard InChI is InChI=1S/C13H8BrCl3FN/c14-8-5-12(18)7(4-10(8)16)13(19)6-1-2-9(15)11(17)3-6/h1-5,13H,19H2. The van der Waals surface area contributed by atoms with Crippen molar-refractivity contribution in [1.82, 2.24) is 0 Å². The largest absolute Gasteiger partial charge is 0.320 e. The second-order valence-electron chi connectivity index (χ2n) is 3.94. The zero-order valence-electron chi connectivity index (χ0n) is 9.43. The number of benzene rings is 2. The Morgan fingerprint density at radius 1 is 1.00 bits per heavy atom. The molecule has 0 radical (unpaired) electrons. The van der Waals surface area contributed by atoms with Crippen LogP contribution in [0.15, 0.2) is 34.8 Å². The molecule has 0 fully saturated rings. The molecule has 0 heterocycles.